The van der Waals surface area contributed by atoms with E-state index in [1.165, 1.54) is 4.90 Å². The highest BCUT2D eigenvalue weighted by atomic mass is 16.2. The van der Waals surface area contributed by atoms with E-state index in [0.29, 0.717) is 11.5 Å². The molecule has 0 bridgehead atoms. The monoisotopic (exact) mass is 165 g/mol. The van der Waals surface area contributed by atoms with Crippen LogP contribution in [0.1, 0.15) is 16.3 Å². The van der Waals surface area contributed by atoms with Crippen LogP contribution < -0.4 is 0 Å². The number of rotatable bonds is 1. The van der Waals surface area contributed by atoms with Crippen molar-refractivity contribution in [2.45, 2.75) is 6.92 Å². The van der Waals surface area contributed by atoms with Gasteiger partial charge < -0.3 is 4.90 Å². The van der Waals surface area contributed by atoms with Crippen molar-refractivity contribution in [1.82, 2.24) is 14.9 Å². The second kappa shape index (κ2) is 3.30. The zero-order valence-electron chi connectivity index (χ0n) is 7.40. The molecule has 1 aromatic rings. The molecule has 12 heavy (non-hydrogen) atoms. The summed E-state index contributed by atoms with van der Waals surface area (Å²) in [5, 5.41) is 0. The highest BCUT2D eigenvalue weighted by Gasteiger charge is 2.08. The van der Waals surface area contributed by atoms with Crippen LogP contribution in [-0.2, 0) is 0 Å². The number of aromatic nitrogens is 2. The van der Waals surface area contributed by atoms with Gasteiger partial charge in [-0.05, 0) is 13.0 Å². The minimum Gasteiger partial charge on any atom is -0.343 e. The first-order chi connectivity index (χ1) is 5.61. The molecule has 64 valence electrons. The lowest BCUT2D eigenvalue weighted by Crippen LogP contribution is -2.23. The largest absolute Gasteiger partial charge is 0.343 e. The van der Waals surface area contributed by atoms with Crippen LogP contribution in [0.2, 0.25) is 0 Å². The maximum Gasteiger partial charge on any atom is 0.272 e. The minimum atomic E-state index is -0.0968. The lowest BCUT2D eigenvalue weighted by atomic mass is 10.3. The molecule has 1 heterocycles. The average Bonchev–Trinajstić information content (AvgIpc) is 2.03. The quantitative estimate of drug-likeness (QED) is 0.608. The van der Waals surface area contributed by atoms with Gasteiger partial charge in [-0.3, -0.25) is 4.79 Å². The highest BCUT2D eigenvalue weighted by Crippen LogP contribution is 1.97. The van der Waals surface area contributed by atoms with Gasteiger partial charge in [0.25, 0.3) is 5.91 Å². The van der Waals surface area contributed by atoms with Gasteiger partial charge in [-0.1, -0.05) is 0 Å². The number of aryl methyl sites for hydroxylation is 1. The van der Waals surface area contributed by atoms with Crippen LogP contribution in [0.3, 0.4) is 0 Å². The molecule has 0 saturated heterocycles. The van der Waals surface area contributed by atoms with E-state index in [9.17, 15) is 4.79 Å². The van der Waals surface area contributed by atoms with Crippen molar-refractivity contribution in [3.8, 4) is 0 Å². The van der Waals surface area contributed by atoms with E-state index >= 15 is 0 Å². The Hall–Kier alpha value is -1.45. The number of nitrogens with zero attached hydrogens (tertiary/aromatic N) is 3. The Balaban J connectivity index is 2.96. The van der Waals surface area contributed by atoms with Crippen LogP contribution in [-0.4, -0.2) is 34.9 Å². The molecular formula is C8H11N3O. The Bertz CT molecular complexity index is 296. The molecule has 1 aromatic heterocycles. The van der Waals surface area contributed by atoms with Crippen molar-refractivity contribution < 1.29 is 4.79 Å². The molecule has 0 spiro atoms. The zero-order chi connectivity index (χ0) is 9.14. The summed E-state index contributed by atoms with van der Waals surface area (Å²) in [4.78, 5) is 20.7. The summed E-state index contributed by atoms with van der Waals surface area (Å²) in [6.07, 6.45) is 1.58. The van der Waals surface area contributed by atoms with Gasteiger partial charge in [0.1, 0.15) is 11.5 Å². The lowest BCUT2D eigenvalue weighted by molar-refractivity contribution is 0.0821. The second-order valence-corrected chi connectivity index (χ2v) is 2.69. The maximum atomic E-state index is 11.3. The van der Waals surface area contributed by atoms with E-state index < -0.39 is 0 Å². The van der Waals surface area contributed by atoms with Crippen LogP contribution in [0.25, 0.3) is 0 Å². The Morgan fingerprint density at radius 2 is 2.17 bits per heavy atom. The van der Waals surface area contributed by atoms with Gasteiger partial charge in [-0.15, -0.1) is 0 Å². The van der Waals surface area contributed by atoms with Gasteiger partial charge in [0.2, 0.25) is 0 Å². The van der Waals surface area contributed by atoms with E-state index in [4.69, 9.17) is 0 Å². The predicted octanol–water partition coefficient (Wildman–Crippen LogP) is 0.487. The van der Waals surface area contributed by atoms with Crippen molar-refractivity contribution in [2.75, 3.05) is 14.1 Å². The molecule has 0 aromatic carbocycles. The smallest absolute Gasteiger partial charge is 0.272 e. The molecule has 0 aliphatic heterocycles. The van der Waals surface area contributed by atoms with Crippen LogP contribution in [0, 0.1) is 6.92 Å². The SMILES string of the molecule is Cc1nccc(C(=O)N(C)C)n1. The molecule has 4 nitrogen and oxygen atoms in total. The summed E-state index contributed by atoms with van der Waals surface area (Å²) in [6.45, 7) is 1.76. The maximum absolute atomic E-state index is 11.3. The van der Waals surface area contributed by atoms with Crippen molar-refractivity contribution in [2.24, 2.45) is 0 Å². The summed E-state index contributed by atoms with van der Waals surface area (Å²) in [7, 11) is 3.39. The van der Waals surface area contributed by atoms with Gasteiger partial charge >= 0.3 is 0 Å². The fourth-order valence-corrected chi connectivity index (χ4v) is 0.804. The first kappa shape index (κ1) is 8.64. The zero-order valence-corrected chi connectivity index (χ0v) is 7.40. The summed E-state index contributed by atoms with van der Waals surface area (Å²) in [5.74, 6) is 0.517. The van der Waals surface area contributed by atoms with E-state index in [2.05, 4.69) is 9.97 Å². The van der Waals surface area contributed by atoms with Crippen LogP contribution >= 0.6 is 0 Å². The van der Waals surface area contributed by atoms with Gasteiger partial charge in [-0.25, -0.2) is 9.97 Å². The first-order valence-corrected chi connectivity index (χ1v) is 3.62. The van der Waals surface area contributed by atoms with Gasteiger partial charge in [0.05, 0.1) is 0 Å². The third-order valence-corrected chi connectivity index (χ3v) is 1.40. The third-order valence-electron chi connectivity index (χ3n) is 1.40. The Labute approximate surface area is 71.3 Å². The van der Waals surface area contributed by atoms with Crippen LogP contribution in [0.15, 0.2) is 12.3 Å². The van der Waals surface area contributed by atoms with Gasteiger partial charge in [0, 0.05) is 20.3 Å². The summed E-state index contributed by atoms with van der Waals surface area (Å²) in [6, 6.07) is 1.61. The minimum absolute atomic E-state index is 0.0968. The van der Waals surface area contributed by atoms with Crippen molar-refractivity contribution in [3.63, 3.8) is 0 Å². The number of amides is 1. The molecule has 0 fully saturated rings. The number of hydrogen-bond donors (Lipinski definition) is 0. The average molecular weight is 165 g/mol. The molecule has 0 atom stereocenters. The molecule has 1 rings (SSSR count). The van der Waals surface area contributed by atoms with Gasteiger partial charge in [0.15, 0.2) is 0 Å². The molecular weight excluding hydrogens is 154 g/mol. The summed E-state index contributed by atoms with van der Waals surface area (Å²) in [5.41, 5.74) is 0.438. The Kier molecular flexibility index (Phi) is 2.38. The lowest BCUT2D eigenvalue weighted by Gasteiger charge is -2.08. The summed E-state index contributed by atoms with van der Waals surface area (Å²) < 4.78 is 0. The van der Waals surface area contributed by atoms with Crippen molar-refractivity contribution in [3.05, 3.63) is 23.8 Å². The number of carbonyl (C=O) groups excluding carboxylic acids is 1. The standard InChI is InChI=1S/C8H11N3O/c1-6-9-5-4-7(10-6)8(12)11(2)3/h4-5H,1-3H3. The molecule has 0 unspecified atom stereocenters. The normalized spacial score (nSPS) is 9.58. The molecule has 0 radical (unpaired) electrons. The third kappa shape index (κ3) is 1.78. The Morgan fingerprint density at radius 1 is 1.50 bits per heavy atom. The first-order valence-electron chi connectivity index (χ1n) is 3.62. The van der Waals surface area contributed by atoms with E-state index in [0.717, 1.165) is 0 Å². The van der Waals surface area contributed by atoms with Gasteiger partial charge in [-0.2, -0.15) is 0 Å². The predicted molar refractivity (Wildman–Crippen MR) is 44.8 cm³/mol. The molecule has 0 N–H and O–H groups in total. The molecule has 1 amide bonds. The number of hydrogen-bond acceptors (Lipinski definition) is 3. The molecule has 0 saturated carbocycles. The fraction of sp³-hybridized carbons (Fsp3) is 0.375. The molecule has 0 aliphatic rings. The molecule has 4 heteroatoms. The van der Waals surface area contributed by atoms with E-state index in [-0.39, 0.29) is 5.91 Å². The summed E-state index contributed by atoms with van der Waals surface area (Å²) >= 11 is 0. The van der Waals surface area contributed by atoms with Crippen LogP contribution in [0.4, 0.5) is 0 Å². The van der Waals surface area contributed by atoms with Crippen LogP contribution in [0.5, 0.6) is 0 Å². The number of carbonyl (C=O) groups is 1. The van der Waals surface area contributed by atoms with Crippen molar-refractivity contribution in [1.29, 1.82) is 0 Å². The topological polar surface area (TPSA) is 46.1 Å². The highest BCUT2D eigenvalue weighted by molar-refractivity contribution is 5.91. The van der Waals surface area contributed by atoms with Crippen molar-refractivity contribution >= 4 is 5.91 Å². The van der Waals surface area contributed by atoms with E-state index in [1.54, 1.807) is 33.3 Å². The second-order valence-electron chi connectivity index (χ2n) is 2.69. The molecule has 0 aliphatic carbocycles. The van der Waals surface area contributed by atoms with E-state index in [1.807, 2.05) is 0 Å². The fourth-order valence-electron chi connectivity index (χ4n) is 0.804. The Morgan fingerprint density at radius 3 is 2.67 bits per heavy atom.